The van der Waals surface area contributed by atoms with Crippen molar-refractivity contribution in [2.24, 2.45) is 0 Å². The highest BCUT2D eigenvalue weighted by Gasteiger charge is 2.13. The average Bonchev–Trinajstić information content (AvgIpc) is 2.39. The molecule has 0 aliphatic carbocycles. The molecule has 1 aromatic carbocycles. The van der Waals surface area contributed by atoms with Gasteiger partial charge in [-0.3, -0.25) is 0 Å². The second kappa shape index (κ2) is 4.22. The van der Waals surface area contributed by atoms with Crippen LogP contribution in [-0.4, -0.2) is 31.3 Å². The predicted molar refractivity (Wildman–Crippen MR) is 69.2 cm³/mol. The Morgan fingerprint density at radius 1 is 1.24 bits per heavy atom. The molecular weight excluding hydrogens is 214 g/mol. The van der Waals surface area contributed by atoms with E-state index >= 15 is 0 Å². The zero-order valence-corrected chi connectivity index (χ0v) is 9.60. The van der Waals surface area contributed by atoms with E-state index in [1.54, 1.807) is 0 Å². The number of ether oxygens (including phenoxy) is 1. The molecule has 0 unspecified atom stereocenters. The molecule has 0 saturated carbocycles. The lowest BCUT2D eigenvalue weighted by Crippen LogP contribution is -2.36. The zero-order valence-electron chi connectivity index (χ0n) is 9.60. The summed E-state index contributed by atoms with van der Waals surface area (Å²) in [6.45, 7) is 3.44. The van der Waals surface area contributed by atoms with Crippen LogP contribution in [0.15, 0.2) is 30.5 Å². The zero-order chi connectivity index (χ0) is 11.7. The summed E-state index contributed by atoms with van der Waals surface area (Å²) < 4.78 is 5.38. The summed E-state index contributed by atoms with van der Waals surface area (Å²) in [4.78, 5) is 6.47. The Morgan fingerprint density at radius 3 is 2.88 bits per heavy atom. The molecule has 0 amide bonds. The lowest BCUT2D eigenvalue weighted by Gasteiger charge is -2.29. The van der Waals surface area contributed by atoms with Gasteiger partial charge in [0.1, 0.15) is 5.82 Å². The summed E-state index contributed by atoms with van der Waals surface area (Å²) in [5.41, 5.74) is 6.99. The first-order chi connectivity index (χ1) is 8.34. The fraction of sp³-hybridized carbons (Fsp3) is 0.308. The van der Waals surface area contributed by atoms with E-state index in [-0.39, 0.29) is 0 Å². The standard InChI is InChI=1S/C13H15N3O/c14-13-8-11-10(9-15-13)2-1-3-12(11)16-4-6-17-7-5-16/h1-3,8-9H,4-7H2,(H2,14,15). The van der Waals surface area contributed by atoms with E-state index in [9.17, 15) is 0 Å². The monoisotopic (exact) mass is 229 g/mol. The molecule has 2 heterocycles. The number of nitrogen functional groups attached to an aromatic ring is 1. The third kappa shape index (κ3) is 1.91. The number of fused-ring (bicyclic) bond motifs is 1. The van der Waals surface area contributed by atoms with Crippen molar-refractivity contribution in [1.82, 2.24) is 4.98 Å². The number of morpholine rings is 1. The molecule has 0 spiro atoms. The van der Waals surface area contributed by atoms with E-state index < -0.39 is 0 Å². The number of aromatic nitrogens is 1. The summed E-state index contributed by atoms with van der Waals surface area (Å²) in [6.07, 6.45) is 1.83. The lowest BCUT2D eigenvalue weighted by atomic mass is 10.1. The van der Waals surface area contributed by atoms with Gasteiger partial charge in [0.15, 0.2) is 0 Å². The fourth-order valence-corrected chi connectivity index (χ4v) is 2.25. The SMILES string of the molecule is Nc1cc2c(N3CCOCC3)cccc2cn1. The summed E-state index contributed by atoms with van der Waals surface area (Å²) >= 11 is 0. The van der Waals surface area contributed by atoms with Gasteiger partial charge in [-0.1, -0.05) is 12.1 Å². The molecule has 2 aromatic rings. The molecular formula is C13H15N3O. The quantitative estimate of drug-likeness (QED) is 0.808. The first kappa shape index (κ1) is 10.4. The fourth-order valence-electron chi connectivity index (χ4n) is 2.25. The van der Waals surface area contributed by atoms with Crippen molar-refractivity contribution >= 4 is 22.3 Å². The summed E-state index contributed by atoms with van der Waals surface area (Å²) in [7, 11) is 0. The minimum Gasteiger partial charge on any atom is -0.384 e. The van der Waals surface area contributed by atoms with Crippen molar-refractivity contribution in [2.75, 3.05) is 36.9 Å². The highest BCUT2D eigenvalue weighted by molar-refractivity contribution is 5.95. The van der Waals surface area contributed by atoms with Crippen molar-refractivity contribution in [3.8, 4) is 0 Å². The highest BCUT2D eigenvalue weighted by Crippen LogP contribution is 2.27. The van der Waals surface area contributed by atoms with Crippen LogP contribution >= 0.6 is 0 Å². The van der Waals surface area contributed by atoms with E-state index in [0.717, 1.165) is 31.7 Å². The van der Waals surface area contributed by atoms with Crippen LogP contribution in [0.4, 0.5) is 11.5 Å². The third-order valence-electron chi connectivity index (χ3n) is 3.11. The van der Waals surface area contributed by atoms with Crippen molar-refractivity contribution in [3.63, 3.8) is 0 Å². The van der Waals surface area contributed by atoms with Gasteiger partial charge in [-0.2, -0.15) is 0 Å². The van der Waals surface area contributed by atoms with Gasteiger partial charge in [-0.05, 0) is 12.1 Å². The van der Waals surface area contributed by atoms with Gasteiger partial charge in [-0.25, -0.2) is 4.98 Å². The summed E-state index contributed by atoms with van der Waals surface area (Å²) in [6, 6.07) is 8.20. The molecule has 3 rings (SSSR count). The van der Waals surface area contributed by atoms with Gasteiger partial charge in [0.25, 0.3) is 0 Å². The normalized spacial score (nSPS) is 16.4. The molecule has 4 nitrogen and oxygen atoms in total. The number of hydrogen-bond acceptors (Lipinski definition) is 4. The molecule has 1 saturated heterocycles. The Bertz CT molecular complexity index is 535. The molecule has 0 atom stereocenters. The topological polar surface area (TPSA) is 51.4 Å². The number of pyridine rings is 1. The molecule has 17 heavy (non-hydrogen) atoms. The average molecular weight is 229 g/mol. The van der Waals surface area contributed by atoms with Crippen molar-refractivity contribution in [3.05, 3.63) is 30.5 Å². The van der Waals surface area contributed by atoms with E-state index in [0.29, 0.717) is 5.82 Å². The highest BCUT2D eigenvalue weighted by atomic mass is 16.5. The van der Waals surface area contributed by atoms with Crippen LogP contribution in [0.5, 0.6) is 0 Å². The Morgan fingerprint density at radius 2 is 2.06 bits per heavy atom. The van der Waals surface area contributed by atoms with Crippen LogP contribution in [0.2, 0.25) is 0 Å². The minimum absolute atomic E-state index is 0.568. The van der Waals surface area contributed by atoms with Gasteiger partial charge in [0.05, 0.1) is 13.2 Å². The second-order valence-electron chi connectivity index (χ2n) is 4.21. The van der Waals surface area contributed by atoms with E-state index in [1.807, 2.05) is 12.3 Å². The van der Waals surface area contributed by atoms with E-state index in [2.05, 4.69) is 28.1 Å². The molecule has 1 aliphatic rings. The maximum Gasteiger partial charge on any atom is 0.123 e. The molecule has 0 radical (unpaired) electrons. The maximum absolute atomic E-state index is 5.77. The lowest BCUT2D eigenvalue weighted by molar-refractivity contribution is 0.123. The van der Waals surface area contributed by atoms with Crippen LogP contribution < -0.4 is 10.6 Å². The Hall–Kier alpha value is -1.81. The second-order valence-corrected chi connectivity index (χ2v) is 4.21. The molecule has 1 aromatic heterocycles. The van der Waals surface area contributed by atoms with Gasteiger partial charge in [0, 0.05) is 35.7 Å². The van der Waals surface area contributed by atoms with Gasteiger partial charge in [0.2, 0.25) is 0 Å². The number of nitrogens with two attached hydrogens (primary N) is 1. The Balaban J connectivity index is 2.11. The van der Waals surface area contributed by atoms with Crippen LogP contribution in [0, 0.1) is 0 Å². The number of rotatable bonds is 1. The van der Waals surface area contributed by atoms with Crippen LogP contribution in [-0.2, 0) is 4.74 Å². The molecule has 4 heteroatoms. The summed E-state index contributed by atoms with van der Waals surface area (Å²) in [5, 5.41) is 2.30. The number of benzene rings is 1. The Labute approximate surface area is 100.0 Å². The van der Waals surface area contributed by atoms with Crippen molar-refractivity contribution in [1.29, 1.82) is 0 Å². The van der Waals surface area contributed by atoms with Gasteiger partial charge < -0.3 is 15.4 Å². The van der Waals surface area contributed by atoms with Crippen LogP contribution in [0.1, 0.15) is 0 Å². The van der Waals surface area contributed by atoms with Crippen LogP contribution in [0.3, 0.4) is 0 Å². The molecule has 2 N–H and O–H groups in total. The largest absolute Gasteiger partial charge is 0.384 e. The minimum atomic E-state index is 0.568. The first-order valence-corrected chi connectivity index (χ1v) is 5.81. The van der Waals surface area contributed by atoms with Gasteiger partial charge >= 0.3 is 0 Å². The molecule has 1 aliphatic heterocycles. The van der Waals surface area contributed by atoms with Crippen molar-refractivity contribution in [2.45, 2.75) is 0 Å². The molecule has 88 valence electrons. The number of nitrogens with zero attached hydrogens (tertiary/aromatic N) is 2. The van der Waals surface area contributed by atoms with E-state index in [4.69, 9.17) is 10.5 Å². The van der Waals surface area contributed by atoms with Crippen molar-refractivity contribution < 1.29 is 4.74 Å². The number of hydrogen-bond donors (Lipinski definition) is 1. The third-order valence-corrected chi connectivity index (χ3v) is 3.11. The Kier molecular flexibility index (Phi) is 2.57. The van der Waals surface area contributed by atoms with Gasteiger partial charge in [-0.15, -0.1) is 0 Å². The summed E-state index contributed by atoms with van der Waals surface area (Å²) in [5.74, 6) is 0.568. The first-order valence-electron chi connectivity index (χ1n) is 5.81. The van der Waals surface area contributed by atoms with Crippen LogP contribution in [0.25, 0.3) is 10.8 Å². The molecule has 0 bridgehead atoms. The molecule has 1 fully saturated rings. The smallest absolute Gasteiger partial charge is 0.123 e. The number of anilines is 2. The predicted octanol–water partition coefficient (Wildman–Crippen LogP) is 1.65. The van der Waals surface area contributed by atoms with E-state index in [1.165, 1.54) is 11.1 Å². The maximum atomic E-state index is 5.77.